The van der Waals surface area contributed by atoms with Gasteiger partial charge in [0, 0.05) is 33.0 Å². The zero-order valence-electron chi connectivity index (χ0n) is 16.5. The highest BCUT2D eigenvalue weighted by atomic mass is 19.4. The molecule has 0 aromatic heterocycles. The average molecular weight is 413 g/mol. The quantitative estimate of drug-likeness (QED) is 0.777. The Hall–Kier alpha value is -2.58. The third-order valence-electron chi connectivity index (χ3n) is 4.97. The van der Waals surface area contributed by atoms with Crippen LogP contribution in [0.3, 0.4) is 0 Å². The molecule has 2 atom stereocenters. The summed E-state index contributed by atoms with van der Waals surface area (Å²) in [5.41, 5.74) is 0.961. The Morgan fingerprint density at radius 2 is 1.79 bits per heavy atom. The number of hydrogen-bond donors (Lipinski definition) is 1. The lowest BCUT2D eigenvalue weighted by molar-refractivity contribution is -0.197. The number of likely N-dealkylation sites (tertiary alicyclic amines) is 1. The number of nitrogens with one attached hydrogen (secondary N) is 1. The van der Waals surface area contributed by atoms with Crippen LogP contribution in [0.2, 0.25) is 0 Å². The summed E-state index contributed by atoms with van der Waals surface area (Å²) >= 11 is 0. The van der Waals surface area contributed by atoms with Gasteiger partial charge in [-0.2, -0.15) is 13.2 Å². The van der Waals surface area contributed by atoms with Crippen molar-refractivity contribution in [3.05, 3.63) is 35.9 Å². The number of nitrogens with zero attached hydrogens (tertiary/aromatic N) is 2. The van der Waals surface area contributed by atoms with E-state index in [4.69, 9.17) is 0 Å². The molecule has 1 N–H and O–H groups in total. The third kappa shape index (κ3) is 6.76. The van der Waals surface area contributed by atoms with Gasteiger partial charge in [0.2, 0.25) is 17.7 Å². The van der Waals surface area contributed by atoms with E-state index in [1.165, 1.54) is 18.7 Å². The monoisotopic (exact) mass is 413 g/mol. The number of alkyl halides is 3. The van der Waals surface area contributed by atoms with Crippen LogP contribution in [-0.4, -0.2) is 65.4 Å². The van der Waals surface area contributed by atoms with E-state index in [2.05, 4.69) is 5.32 Å². The Morgan fingerprint density at radius 3 is 2.34 bits per heavy atom. The molecular formula is C20H26F3N3O3. The van der Waals surface area contributed by atoms with Crippen LogP contribution in [0.25, 0.3) is 0 Å². The second kappa shape index (κ2) is 9.76. The van der Waals surface area contributed by atoms with Crippen molar-refractivity contribution in [2.45, 2.75) is 51.4 Å². The summed E-state index contributed by atoms with van der Waals surface area (Å²) in [5.74, 6) is -1.51. The molecule has 0 saturated carbocycles. The van der Waals surface area contributed by atoms with Gasteiger partial charge >= 0.3 is 6.18 Å². The van der Waals surface area contributed by atoms with Gasteiger partial charge in [0.1, 0.15) is 6.04 Å². The second-order valence-electron chi connectivity index (χ2n) is 7.25. The summed E-state index contributed by atoms with van der Waals surface area (Å²) in [5, 5.41) is 2.58. The van der Waals surface area contributed by atoms with Crippen LogP contribution >= 0.6 is 0 Å². The second-order valence-corrected chi connectivity index (χ2v) is 7.25. The molecule has 1 aromatic carbocycles. The predicted molar refractivity (Wildman–Crippen MR) is 101 cm³/mol. The number of piperidine rings is 1. The van der Waals surface area contributed by atoms with Gasteiger partial charge in [0.15, 0.2) is 0 Å². The average Bonchev–Trinajstić information content (AvgIpc) is 2.64. The van der Waals surface area contributed by atoms with E-state index in [9.17, 15) is 27.6 Å². The molecule has 9 heteroatoms. The number of amides is 3. The maximum atomic E-state index is 13.4. The van der Waals surface area contributed by atoms with Crippen LogP contribution in [0, 0.1) is 0 Å². The van der Waals surface area contributed by atoms with E-state index in [1.54, 1.807) is 0 Å². The number of benzene rings is 1. The normalized spacial score (nSPS) is 19.6. The minimum Gasteiger partial charge on any atom is -0.352 e. The fourth-order valence-electron chi connectivity index (χ4n) is 3.50. The first-order chi connectivity index (χ1) is 13.6. The van der Waals surface area contributed by atoms with Crippen LogP contribution in [-0.2, 0) is 20.8 Å². The van der Waals surface area contributed by atoms with Crippen molar-refractivity contribution >= 4 is 17.7 Å². The lowest BCUT2D eigenvalue weighted by Crippen LogP contribution is -2.59. The van der Waals surface area contributed by atoms with Crippen molar-refractivity contribution in [1.29, 1.82) is 0 Å². The van der Waals surface area contributed by atoms with Gasteiger partial charge in [-0.25, -0.2) is 0 Å². The number of carbonyl (C=O) groups is 3. The van der Waals surface area contributed by atoms with Gasteiger partial charge in [-0.15, -0.1) is 0 Å². The summed E-state index contributed by atoms with van der Waals surface area (Å²) in [4.78, 5) is 38.0. The summed E-state index contributed by atoms with van der Waals surface area (Å²) < 4.78 is 40.3. The fraction of sp³-hybridized carbons (Fsp3) is 0.550. The molecule has 160 valence electrons. The van der Waals surface area contributed by atoms with Crippen molar-refractivity contribution in [3.8, 4) is 0 Å². The SMILES string of the molecule is CC(=O)N[C@@H]1CC[C@H](C(F)(F)F)N(C(=O)CN(CCc2ccccc2)C(C)=O)C1. The molecule has 1 heterocycles. The Labute approximate surface area is 168 Å². The molecule has 2 rings (SSSR count). The Balaban J connectivity index is 2.08. The largest absolute Gasteiger partial charge is 0.408 e. The summed E-state index contributed by atoms with van der Waals surface area (Å²) in [6.07, 6.45) is -4.23. The van der Waals surface area contributed by atoms with E-state index < -0.39 is 30.7 Å². The first-order valence-corrected chi connectivity index (χ1v) is 9.50. The Kier molecular flexibility index (Phi) is 7.64. The summed E-state index contributed by atoms with van der Waals surface area (Å²) in [6.45, 7) is 2.14. The lowest BCUT2D eigenvalue weighted by atomic mass is 9.97. The highest BCUT2D eigenvalue weighted by Crippen LogP contribution is 2.32. The van der Waals surface area contributed by atoms with E-state index in [-0.39, 0.29) is 37.7 Å². The van der Waals surface area contributed by atoms with Crippen LogP contribution in [0.15, 0.2) is 30.3 Å². The van der Waals surface area contributed by atoms with Crippen molar-refractivity contribution in [1.82, 2.24) is 15.1 Å². The smallest absolute Gasteiger partial charge is 0.352 e. The zero-order chi connectivity index (χ0) is 21.6. The highest BCUT2D eigenvalue weighted by Gasteiger charge is 2.48. The number of rotatable bonds is 6. The molecule has 0 bridgehead atoms. The molecule has 3 amide bonds. The van der Waals surface area contributed by atoms with Gasteiger partial charge in [0.25, 0.3) is 0 Å². The molecule has 0 aliphatic carbocycles. The van der Waals surface area contributed by atoms with E-state index >= 15 is 0 Å². The lowest BCUT2D eigenvalue weighted by Gasteiger charge is -2.41. The number of halogens is 3. The molecule has 6 nitrogen and oxygen atoms in total. The number of carbonyl (C=O) groups excluding carboxylic acids is 3. The zero-order valence-corrected chi connectivity index (χ0v) is 16.5. The molecular weight excluding hydrogens is 387 g/mol. The van der Waals surface area contributed by atoms with Crippen molar-refractivity contribution in [2.24, 2.45) is 0 Å². The van der Waals surface area contributed by atoms with Crippen LogP contribution in [0.5, 0.6) is 0 Å². The molecule has 0 radical (unpaired) electrons. The summed E-state index contributed by atoms with van der Waals surface area (Å²) in [6, 6.07) is 6.86. The minimum atomic E-state index is -4.57. The first-order valence-electron chi connectivity index (χ1n) is 9.50. The topological polar surface area (TPSA) is 69.7 Å². The fourth-order valence-corrected chi connectivity index (χ4v) is 3.50. The third-order valence-corrected chi connectivity index (χ3v) is 4.97. The van der Waals surface area contributed by atoms with Gasteiger partial charge in [0.05, 0.1) is 6.54 Å². The Bertz CT molecular complexity index is 725. The molecule has 0 unspecified atom stereocenters. The van der Waals surface area contributed by atoms with Gasteiger partial charge < -0.3 is 15.1 Å². The summed E-state index contributed by atoms with van der Waals surface area (Å²) in [7, 11) is 0. The standard InChI is InChI=1S/C20H26F3N3O3/c1-14(27)24-17-8-9-18(20(21,22)23)26(12-17)19(29)13-25(15(2)28)11-10-16-6-4-3-5-7-16/h3-7,17-18H,8-13H2,1-2H3,(H,24,27)/t17-,18-/m1/s1. The van der Waals surface area contributed by atoms with Crippen LogP contribution in [0.1, 0.15) is 32.3 Å². The number of hydrogen-bond acceptors (Lipinski definition) is 3. The molecule has 1 aromatic rings. The van der Waals surface area contributed by atoms with Gasteiger partial charge in [-0.1, -0.05) is 30.3 Å². The molecule has 1 fully saturated rings. The van der Waals surface area contributed by atoms with Crippen LogP contribution < -0.4 is 5.32 Å². The van der Waals surface area contributed by atoms with Crippen molar-refractivity contribution in [3.63, 3.8) is 0 Å². The predicted octanol–water partition coefficient (Wildman–Crippen LogP) is 2.14. The molecule has 1 saturated heterocycles. The van der Waals surface area contributed by atoms with Gasteiger partial charge in [-0.3, -0.25) is 14.4 Å². The maximum Gasteiger partial charge on any atom is 0.408 e. The van der Waals surface area contributed by atoms with Crippen molar-refractivity contribution in [2.75, 3.05) is 19.6 Å². The minimum absolute atomic E-state index is 0.137. The van der Waals surface area contributed by atoms with Gasteiger partial charge in [-0.05, 0) is 24.8 Å². The maximum absolute atomic E-state index is 13.4. The Morgan fingerprint density at radius 1 is 1.14 bits per heavy atom. The van der Waals surface area contributed by atoms with E-state index in [0.29, 0.717) is 6.42 Å². The molecule has 29 heavy (non-hydrogen) atoms. The first kappa shape index (κ1) is 22.7. The van der Waals surface area contributed by atoms with E-state index in [1.807, 2.05) is 30.3 Å². The molecule has 1 aliphatic heterocycles. The molecule has 1 aliphatic rings. The van der Waals surface area contributed by atoms with Crippen molar-refractivity contribution < 1.29 is 27.6 Å². The van der Waals surface area contributed by atoms with Crippen LogP contribution in [0.4, 0.5) is 13.2 Å². The van der Waals surface area contributed by atoms with E-state index in [0.717, 1.165) is 10.5 Å². The molecule has 0 spiro atoms. The highest BCUT2D eigenvalue weighted by molar-refractivity contribution is 5.84.